The molecule has 0 aromatic heterocycles. The largest absolute Gasteiger partial charge is 0.402 e. The lowest BCUT2D eigenvalue weighted by molar-refractivity contribution is -0.136. The average Bonchev–Trinajstić information content (AvgIpc) is 3.16. The van der Waals surface area contributed by atoms with E-state index in [2.05, 4.69) is 48.1 Å². The zero-order valence-electron chi connectivity index (χ0n) is 22.3. The summed E-state index contributed by atoms with van der Waals surface area (Å²) in [6.07, 6.45) is 2.43. The maximum absolute atomic E-state index is 13.2. The third-order valence-electron chi connectivity index (χ3n) is 9.37. The van der Waals surface area contributed by atoms with E-state index in [9.17, 15) is 21.6 Å². The molecule has 40 heavy (non-hydrogen) atoms. The van der Waals surface area contributed by atoms with Crippen LogP contribution in [0.1, 0.15) is 54.9 Å². The van der Waals surface area contributed by atoms with Gasteiger partial charge < -0.3 is 0 Å². The van der Waals surface area contributed by atoms with Crippen LogP contribution in [0.3, 0.4) is 0 Å². The Balaban J connectivity index is 1.32. The Hall–Kier alpha value is -2.20. The summed E-state index contributed by atoms with van der Waals surface area (Å²) in [5.74, 6) is 0.270. The van der Waals surface area contributed by atoms with Crippen molar-refractivity contribution in [3.63, 3.8) is 0 Å². The Morgan fingerprint density at radius 2 is 1.70 bits per heavy atom. The number of aliphatic imine (C=N–C) groups is 1. The predicted octanol–water partition coefficient (Wildman–Crippen LogP) is 6.22. The SMILES string of the molecule is CCC1CCN=C(c2ccc3c(c2)C[C@H]2CC[C@@H](C3)[C@]23CN(CC(F)(F)F)S(=O)(=O)N3)C=C1c1ccc(Cl)cc1. The van der Waals surface area contributed by atoms with E-state index in [1.807, 2.05) is 12.1 Å². The van der Waals surface area contributed by atoms with E-state index in [4.69, 9.17) is 16.6 Å². The van der Waals surface area contributed by atoms with Crippen LogP contribution in [0.5, 0.6) is 0 Å². The summed E-state index contributed by atoms with van der Waals surface area (Å²) in [6.45, 7) is 1.33. The molecule has 1 spiro atoms. The molecular formula is C30H33ClF3N3O2S. The maximum atomic E-state index is 13.2. The van der Waals surface area contributed by atoms with E-state index < -0.39 is 28.5 Å². The third-order valence-corrected chi connectivity index (χ3v) is 11.2. The number of hydrogen-bond donors (Lipinski definition) is 1. The van der Waals surface area contributed by atoms with Gasteiger partial charge in [-0.25, -0.2) is 0 Å². The molecular weight excluding hydrogens is 559 g/mol. The Kier molecular flexibility index (Phi) is 7.17. The van der Waals surface area contributed by atoms with E-state index in [1.54, 1.807) is 0 Å². The molecule has 1 saturated carbocycles. The molecule has 0 amide bonds. The summed E-state index contributed by atoms with van der Waals surface area (Å²) in [5, 5.41) is 0.698. The molecule has 1 N–H and O–H groups in total. The summed E-state index contributed by atoms with van der Waals surface area (Å²) < 4.78 is 68.6. The molecule has 214 valence electrons. The lowest BCUT2D eigenvalue weighted by Crippen LogP contribution is -2.52. The van der Waals surface area contributed by atoms with Gasteiger partial charge in [0, 0.05) is 18.1 Å². The van der Waals surface area contributed by atoms with Gasteiger partial charge in [0.05, 0.1) is 11.3 Å². The Morgan fingerprint density at radius 1 is 1.02 bits per heavy atom. The first-order valence-electron chi connectivity index (χ1n) is 14.0. The molecule has 1 unspecified atom stereocenters. The molecule has 5 nitrogen and oxygen atoms in total. The number of hydrogen-bond acceptors (Lipinski definition) is 3. The molecule has 2 aliphatic heterocycles. The quantitative estimate of drug-likeness (QED) is 0.459. The van der Waals surface area contributed by atoms with E-state index in [0.29, 0.717) is 28.1 Å². The Bertz CT molecular complexity index is 1470. The molecule has 4 atom stereocenters. The molecule has 2 fully saturated rings. The highest BCUT2D eigenvalue weighted by Crippen LogP contribution is 2.50. The first-order chi connectivity index (χ1) is 19.0. The van der Waals surface area contributed by atoms with Crippen LogP contribution in [0.15, 0.2) is 53.5 Å². The summed E-state index contributed by atoms with van der Waals surface area (Å²) in [7, 11) is -4.20. The second-order valence-corrected chi connectivity index (χ2v) is 13.8. The second-order valence-electron chi connectivity index (χ2n) is 11.7. The molecule has 0 radical (unpaired) electrons. The van der Waals surface area contributed by atoms with Gasteiger partial charge in [-0.3, -0.25) is 4.99 Å². The van der Waals surface area contributed by atoms with Gasteiger partial charge >= 0.3 is 6.18 Å². The van der Waals surface area contributed by atoms with Crippen molar-refractivity contribution in [2.24, 2.45) is 22.7 Å². The van der Waals surface area contributed by atoms with Crippen molar-refractivity contribution in [2.75, 3.05) is 19.6 Å². The van der Waals surface area contributed by atoms with Crippen molar-refractivity contribution in [3.05, 3.63) is 75.8 Å². The van der Waals surface area contributed by atoms with Gasteiger partial charge in [0.25, 0.3) is 10.2 Å². The zero-order valence-corrected chi connectivity index (χ0v) is 23.9. The fourth-order valence-corrected chi connectivity index (χ4v) is 9.20. The maximum Gasteiger partial charge on any atom is 0.402 e. The van der Waals surface area contributed by atoms with Crippen molar-refractivity contribution >= 4 is 33.1 Å². The van der Waals surface area contributed by atoms with Crippen LogP contribution in [0.25, 0.3) is 5.57 Å². The van der Waals surface area contributed by atoms with Crippen LogP contribution in [-0.2, 0) is 23.1 Å². The third kappa shape index (κ3) is 5.14. The van der Waals surface area contributed by atoms with Gasteiger partial charge in [-0.15, -0.1) is 0 Å². The normalized spacial score (nSPS) is 30.0. The molecule has 2 aliphatic carbocycles. The van der Waals surface area contributed by atoms with Gasteiger partial charge in [0.1, 0.15) is 6.54 Å². The average molecular weight is 592 g/mol. The van der Waals surface area contributed by atoms with E-state index in [-0.39, 0.29) is 18.4 Å². The van der Waals surface area contributed by atoms with Crippen LogP contribution in [-0.4, -0.2) is 49.8 Å². The van der Waals surface area contributed by atoms with Crippen molar-refractivity contribution in [2.45, 2.75) is 57.2 Å². The fourth-order valence-electron chi connectivity index (χ4n) is 7.37. The molecule has 10 heteroatoms. The molecule has 1 saturated heterocycles. The van der Waals surface area contributed by atoms with Gasteiger partial charge in [-0.05, 0) is 108 Å². The number of fused-ring (bicyclic) bond motifs is 1. The minimum Gasteiger partial charge on any atom is -0.285 e. The summed E-state index contributed by atoms with van der Waals surface area (Å²) >= 11 is 6.15. The standard InChI is InChI=1S/C30H33ClF3N3O2S/c1-2-19-11-12-35-28(16-27(19)20-5-9-26(31)10-6-20)22-4-3-21-14-24-7-8-25(15-23(21)13-22)29(24)17-37(18-30(32,33)34)40(38,39)36-29/h3-6,9-10,13,16,19,24-25,36H,2,7-8,11-12,14-15,17-18H2,1H3/t19?,24-,25+,29+/m0/s1. The van der Waals surface area contributed by atoms with Crippen LogP contribution in [0, 0.1) is 17.8 Å². The monoisotopic (exact) mass is 591 g/mol. The van der Waals surface area contributed by atoms with Crippen LogP contribution < -0.4 is 4.72 Å². The summed E-state index contributed by atoms with van der Waals surface area (Å²) in [6, 6.07) is 14.3. The van der Waals surface area contributed by atoms with Gasteiger partial charge in [-0.2, -0.15) is 30.6 Å². The Morgan fingerprint density at radius 3 is 2.38 bits per heavy atom. The van der Waals surface area contributed by atoms with Crippen molar-refractivity contribution in [3.8, 4) is 0 Å². The molecule has 4 aliphatic rings. The topological polar surface area (TPSA) is 61.8 Å². The van der Waals surface area contributed by atoms with Gasteiger partial charge in [-0.1, -0.05) is 42.8 Å². The fraction of sp³-hybridized carbons (Fsp3) is 0.500. The highest BCUT2D eigenvalue weighted by molar-refractivity contribution is 7.87. The minimum absolute atomic E-state index is 0.0467. The number of allylic oxidation sites excluding steroid dienone is 2. The smallest absolute Gasteiger partial charge is 0.285 e. The number of rotatable bonds is 4. The van der Waals surface area contributed by atoms with Crippen LogP contribution >= 0.6 is 11.6 Å². The number of nitrogens with zero attached hydrogens (tertiary/aromatic N) is 2. The lowest BCUT2D eigenvalue weighted by Gasteiger charge is -2.33. The Labute approximate surface area is 238 Å². The van der Waals surface area contributed by atoms with E-state index in [1.165, 1.54) is 5.57 Å². The number of alkyl halides is 3. The first-order valence-corrected chi connectivity index (χ1v) is 15.8. The minimum atomic E-state index is -4.59. The van der Waals surface area contributed by atoms with Crippen molar-refractivity contribution < 1.29 is 21.6 Å². The number of halogens is 4. The van der Waals surface area contributed by atoms with E-state index in [0.717, 1.165) is 60.2 Å². The number of nitrogens with one attached hydrogen (secondary N) is 1. The molecule has 2 aromatic rings. The van der Waals surface area contributed by atoms with Gasteiger partial charge in [0.15, 0.2) is 0 Å². The zero-order chi connectivity index (χ0) is 28.3. The molecule has 6 rings (SSSR count). The molecule has 2 heterocycles. The predicted molar refractivity (Wildman–Crippen MR) is 152 cm³/mol. The summed E-state index contributed by atoms with van der Waals surface area (Å²) in [5.41, 5.74) is 5.72. The van der Waals surface area contributed by atoms with Crippen LogP contribution in [0.4, 0.5) is 13.2 Å². The second kappa shape index (κ2) is 10.3. The van der Waals surface area contributed by atoms with E-state index >= 15 is 0 Å². The van der Waals surface area contributed by atoms with Gasteiger partial charge in [0.2, 0.25) is 0 Å². The lowest BCUT2D eigenvalue weighted by atomic mass is 9.79. The summed E-state index contributed by atoms with van der Waals surface area (Å²) in [4.78, 5) is 4.95. The highest BCUT2D eigenvalue weighted by Gasteiger charge is 2.60. The molecule has 2 aromatic carbocycles. The van der Waals surface area contributed by atoms with Crippen LogP contribution in [0.2, 0.25) is 5.02 Å². The van der Waals surface area contributed by atoms with Crippen molar-refractivity contribution in [1.29, 1.82) is 0 Å². The van der Waals surface area contributed by atoms with Crippen molar-refractivity contribution in [1.82, 2.24) is 9.03 Å². The highest BCUT2D eigenvalue weighted by atomic mass is 35.5. The first kappa shape index (κ1) is 27.9. The molecule has 2 bridgehead atoms. The number of benzene rings is 2.